The molecule has 0 spiro atoms. The van der Waals surface area contributed by atoms with Gasteiger partial charge in [0.15, 0.2) is 0 Å². The maximum atomic E-state index is 11.8. The molecule has 1 aromatic rings. The van der Waals surface area contributed by atoms with E-state index in [0.29, 0.717) is 23.9 Å². The van der Waals surface area contributed by atoms with Crippen LogP contribution in [0.15, 0.2) is 18.5 Å². The first-order valence-electron chi connectivity index (χ1n) is 5.81. The fourth-order valence-electron chi connectivity index (χ4n) is 1.57. The Morgan fingerprint density at radius 3 is 3.06 bits per heavy atom. The molecule has 1 saturated carbocycles. The molecule has 1 aliphatic carbocycles. The Hall–Kier alpha value is -1.62. The van der Waals surface area contributed by atoms with Gasteiger partial charge in [-0.2, -0.15) is 0 Å². The van der Waals surface area contributed by atoms with Crippen molar-refractivity contribution in [2.75, 3.05) is 20.2 Å². The van der Waals surface area contributed by atoms with Gasteiger partial charge < -0.3 is 15.4 Å². The quantitative estimate of drug-likeness (QED) is 0.708. The Morgan fingerprint density at radius 1 is 1.53 bits per heavy atom. The van der Waals surface area contributed by atoms with Gasteiger partial charge in [0.25, 0.3) is 5.91 Å². The lowest BCUT2D eigenvalue weighted by atomic mass is 10.2. The van der Waals surface area contributed by atoms with Gasteiger partial charge in [0.1, 0.15) is 5.75 Å². The van der Waals surface area contributed by atoms with E-state index in [2.05, 4.69) is 15.6 Å². The minimum Gasteiger partial charge on any atom is -0.494 e. The van der Waals surface area contributed by atoms with Crippen LogP contribution in [0, 0.1) is 0 Å². The van der Waals surface area contributed by atoms with Crippen molar-refractivity contribution in [2.45, 2.75) is 18.9 Å². The topological polar surface area (TPSA) is 63.2 Å². The number of carbonyl (C=O) groups is 1. The minimum atomic E-state index is -0.123. The molecule has 2 rings (SSSR count). The second-order valence-electron chi connectivity index (χ2n) is 4.06. The van der Waals surface area contributed by atoms with Gasteiger partial charge in [0, 0.05) is 25.3 Å². The van der Waals surface area contributed by atoms with Crippen molar-refractivity contribution in [1.29, 1.82) is 0 Å². The number of ether oxygens (including phenoxy) is 1. The molecule has 5 nitrogen and oxygen atoms in total. The summed E-state index contributed by atoms with van der Waals surface area (Å²) in [6.45, 7) is 1.44. The van der Waals surface area contributed by atoms with Crippen molar-refractivity contribution in [3.05, 3.63) is 24.0 Å². The Labute approximate surface area is 101 Å². The minimum absolute atomic E-state index is 0.123. The smallest absolute Gasteiger partial charge is 0.255 e. The van der Waals surface area contributed by atoms with Crippen LogP contribution in [0.5, 0.6) is 5.75 Å². The van der Waals surface area contributed by atoms with Crippen LogP contribution in [0.2, 0.25) is 0 Å². The summed E-state index contributed by atoms with van der Waals surface area (Å²) in [5, 5.41) is 6.18. The SMILES string of the molecule is COc1cnccc1C(=O)NCCNC1CC1. The zero-order valence-corrected chi connectivity index (χ0v) is 9.90. The molecule has 1 aliphatic rings. The zero-order valence-electron chi connectivity index (χ0n) is 9.90. The van der Waals surface area contributed by atoms with E-state index in [1.54, 1.807) is 12.3 Å². The summed E-state index contributed by atoms with van der Waals surface area (Å²) in [5.74, 6) is 0.377. The first kappa shape index (κ1) is 11.9. The Kier molecular flexibility index (Phi) is 3.93. The number of nitrogens with one attached hydrogen (secondary N) is 2. The highest BCUT2D eigenvalue weighted by Gasteiger charge is 2.19. The molecule has 1 amide bonds. The summed E-state index contributed by atoms with van der Waals surface area (Å²) >= 11 is 0. The molecule has 1 fully saturated rings. The summed E-state index contributed by atoms with van der Waals surface area (Å²) in [5.41, 5.74) is 0.522. The Morgan fingerprint density at radius 2 is 2.35 bits per heavy atom. The third-order valence-corrected chi connectivity index (χ3v) is 2.67. The fourth-order valence-corrected chi connectivity index (χ4v) is 1.57. The molecule has 0 bridgehead atoms. The number of nitrogens with zero attached hydrogens (tertiary/aromatic N) is 1. The number of pyridine rings is 1. The molecule has 17 heavy (non-hydrogen) atoms. The maximum Gasteiger partial charge on any atom is 0.255 e. The molecule has 1 aromatic heterocycles. The Bertz CT molecular complexity index is 391. The number of hydrogen-bond acceptors (Lipinski definition) is 4. The van der Waals surface area contributed by atoms with Crippen molar-refractivity contribution in [3.63, 3.8) is 0 Å². The number of hydrogen-bond donors (Lipinski definition) is 2. The molecule has 2 N–H and O–H groups in total. The molecule has 0 aliphatic heterocycles. The summed E-state index contributed by atoms with van der Waals surface area (Å²) < 4.78 is 5.08. The highest BCUT2D eigenvalue weighted by atomic mass is 16.5. The normalized spacial score (nSPS) is 14.4. The van der Waals surface area contributed by atoms with Crippen LogP contribution in [-0.4, -0.2) is 37.1 Å². The van der Waals surface area contributed by atoms with E-state index in [9.17, 15) is 4.79 Å². The largest absolute Gasteiger partial charge is 0.494 e. The van der Waals surface area contributed by atoms with E-state index in [1.165, 1.54) is 26.1 Å². The Balaban J connectivity index is 1.80. The van der Waals surface area contributed by atoms with Crippen LogP contribution >= 0.6 is 0 Å². The van der Waals surface area contributed by atoms with Crippen LogP contribution in [0.25, 0.3) is 0 Å². The highest BCUT2D eigenvalue weighted by Crippen LogP contribution is 2.18. The number of amides is 1. The number of rotatable bonds is 6. The molecule has 1 heterocycles. The van der Waals surface area contributed by atoms with Gasteiger partial charge in [-0.25, -0.2) is 0 Å². The predicted molar refractivity (Wildman–Crippen MR) is 64.1 cm³/mol. The van der Waals surface area contributed by atoms with Gasteiger partial charge in [-0.05, 0) is 18.9 Å². The summed E-state index contributed by atoms with van der Waals surface area (Å²) in [7, 11) is 1.53. The van der Waals surface area contributed by atoms with Gasteiger partial charge >= 0.3 is 0 Å². The molecule has 0 saturated heterocycles. The van der Waals surface area contributed by atoms with Gasteiger partial charge in [0.2, 0.25) is 0 Å². The third kappa shape index (κ3) is 3.42. The average molecular weight is 235 g/mol. The number of carbonyl (C=O) groups excluding carboxylic acids is 1. The van der Waals surface area contributed by atoms with Gasteiger partial charge in [0.05, 0.1) is 18.9 Å². The van der Waals surface area contributed by atoms with Crippen LogP contribution < -0.4 is 15.4 Å². The third-order valence-electron chi connectivity index (χ3n) is 2.67. The zero-order chi connectivity index (χ0) is 12.1. The van der Waals surface area contributed by atoms with Crippen LogP contribution in [-0.2, 0) is 0 Å². The van der Waals surface area contributed by atoms with Gasteiger partial charge in [-0.1, -0.05) is 0 Å². The summed E-state index contributed by atoms with van der Waals surface area (Å²) in [4.78, 5) is 15.7. The van der Waals surface area contributed by atoms with Crippen molar-refractivity contribution in [2.24, 2.45) is 0 Å². The van der Waals surface area contributed by atoms with Crippen molar-refractivity contribution >= 4 is 5.91 Å². The first-order valence-corrected chi connectivity index (χ1v) is 5.81. The number of aromatic nitrogens is 1. The van der Waals surface area contributed by atoms with E-state index in [4.69, 9.17) is 4.74 Å². The molecule has 0 radical (unpaired) electrons. The second kappa shape index (κ2) is 5.63. The summed E-state index contributed by atoms with van der Waals surface area (Å²) in [6.07, 6.45) is 5.63. The van der Waals surface area contributed by atoms with Crippen molar-refractivity contribution in [3.8, 4) is 5.75 Å². The van der Waals surface area contributed by atoms with Crippen LogP contribution in [0.4, 0.5) is 0 Å². The van der Waals surface area contributed by atoms with E-state index in [0.717, 1.165) is 6.54 Å². The monoisotopic (exact) mass is 235 g/mol. The lowest BCUT2D eigenvalue weighted by Crippen LogP contribution is -2.32. The molecular weight excluding hydrogens is 218 g/mol. The molecule has 92 valence electrons. The van der Waals surface area contributed by atoms with E-state index < -0.39 is 0 Å². The molecule has 0 unspecified atom stereocenters. The van der Waals surface area contributed by atoms with E-state index >= 15 is 0 Å². The van der Waals surface area contributed by atoms with Gasteiger partial charge in [-0.15, -0.1) is 0 Å². The molecule has 0 aromatic carbocycles. The molecule has 5 heteroatoms. The maximum absolute atomic E-state index is 11.8. The van der Waals surface area contributed by atoms with E-state index in [1.807, 2.05) is 0 Å². The molecular formula is C12H17N3O2. The fraction of sp³-hybridized carbons (Fsp3) is 0.500. The van der Waals surface area contributed by atoms with Crippen LogP contribution in [0.3, 0.4) is 0 Å². The van der Waals surface area contributed by atoms with Crippen molar-refractivity contribution in [1.82, 2.24) is 15.6 Å². The standard InChI is InChI=1S/C12H17N3O2/c1-17-11-8-13-5-4-10(11)12(16)15-7-6-14-9-2-3-9/h4-5,8-9,14H,2-3,6-7H2,1H3,(H,15,16). The lowest BCUT2D eigenvalue weighted by Gasteiger charge is -2.08. The van der Waals surface area contributed by atoms with E-state index in [-0.39, 0.29) is 5.91 Å². The highest BCUT2D eigenvalue weighted by molar-refractivity contribution is 5.96. The van der Waals surface area contributed by atoms with Crippen molar-refractivity contribution < 1.29 is 9.53 Å². The van der Waals surface area contributed by atoms with Gasteiger partial charge in [-0.3, -0.25) is 9.78 Å². The summed E-state index contributed by atoms with van der Waals surface area (Å²) in [6, 6.07) is 2.32. The second-order valence-corrected chi connectivity index (χ2v) is 4.06. The van der Waals surface area contributed by atoms with Crippen LogP contribution in [0.1, 0.15) is 23.2 Å². The first-order chi connectivity index (χ1) is 8.31. The predicted octanol–water partition coefficient (Wildman–Crippen LogP) is 0.572. The average Bonchev–Trinajstić information content (AvgIpc) is 3.18. The number of methoxy groups -OCH3 is 1. The lowest BCUT2D eigenvalue weighted by molar-refractivity contribution is 0.0950. The molecule has 0 atom stereocenters.